The summed E-state index contributed by atoms with van der Waals surface area (Å²) in [5, 5.41) is 37.5. The number of allylic oxidation sites excluding steroid dienone is 4. The Morgan fingerprint density at radius 3 is 2.54 bits per heavy atom. The Kier molecular flexibility index (Phi) is 7.22. The Morgan fingerprint density at radius 1 is 1.10 bits per heavy atom. The third-order valence-corrected chi connectivity index (χ3v) is 10.5. The molecule has 0 radical (unpaired) electrons. The zero-order chi connectivity index (χ0) is 28.0. The van der Waals surface area contributed by atoms with E-state index in [0.717, 1.165) is 38.5 Å². The fourth-order valence-corrected chi connectivity index (χ4v) is 8.01. The summed E-state index contributed by atoms with van der Waals surface area (Å²) >= 11 is 0. The van der Waals surface area contributed by atoms with Crippen molar-refractivity contribution < 1.29 is 29.7 Å². The summed E-state index contributed by atoms with van der Waals surface area (Å²) in [7, 11) is 0. The lowest BCUT2D eigenvalue weighted by Crippen LogP contribution is -2.53. The second-order valence-corrected chi connectivity index (χ2v) is 12.5. The van der Waals surface area contributed by atoms with E-state index in [4.69, 9.17) is 4.84 Å². The molecule has 210 valence electrons. The van der Waals surface area contributed by atoms with Gasteiger partial charge in [0.05, 0.1) is 5.60 Å². The normalized spacial score (nSPS) is 37.6. The number of aliphatic hydroxyl groups is 2. The summed E-state index contributed by atoms with van der Waals surface area (Å²) in [6, 6.07) is 6.82. The standard InChI is InChI=1S/C31H40N2O6/c1-29-14-11-21(33-39-18-25(34)32-26(28(36)37)27(35)19-7-5-4-6-8-19)17-20(29)9-10-22-23(29)12-15-30(2)24(22)13-16-31(30,3)38/h4-8,11,14,17,22-24,26-27,35,38H,9-10,12-13,15-16,18H2,1-3H3,(H,32,34)(H,36,37)/t22-,23+,24-,26+,27-,29+,30+,31+/m1/s1. The van der Waals surface area contributed by atoms with Crippen LogP contribution in [0.4, 0.5) is 0 Å². The highest BCUT2D eigenvalue weighted by Crippen LogP contribution is 2.66. The third-order valence-electron chi connectivity index (χ3n) is 10.5. The lowest BCUT2D eigenvalue weighted by molar-refractivity contribution is -0.146. The van der Waals surface area contributed by atoms with Crippen LogP contribution in [0.25, 0.3) is 0 Å². The van der Waals surface area contributed by atoms with E-state index >= 15 is 0 Å². The van der Waals surface area contributed by atoms with E-state index in [9.17, 15) is 24.9 Å². The number of hydrogen-bond donors (Lipinski definition) is 4. The fourth-order valence-electron chi connectivity index (χ4n) is 8.01. The number of aliphatic hydroxyl groups excluding tert-OH is 1. The Morgan fingerprint density at radius 2 is 1.82 bits per heavy atom. The average Bonchev–Trinajstić information content (AvgIpc) is 3.16. The van der Waals surface area contributed by atoms with Crippen LogP contribution < -0.4 is 5.32 Å². The molecule has 0 heterocycles. The van der Waals surface area contributed by atoms with Crippen LogP contribution >= 0.6 is 0 Å². The molecule has 4 aliphatic rings. The van der Waals surface area contributed by atoms with Crippen LogP contribution in [0.1, 0.15) is 71.0 Å². The molecule has 0 spiro atoms. The topological polar surface area (TPSA) is 128 Å². The highest BCUT2D eigenvalue weighted by atomic mass is 16.6. The highest BCUT2D eigenvalue weighted by molar-refractivity contribution is 6.05. The molecule has 0 aromatic heterocycles. The molecule has 8 heteroatoms. The molecule has 8 nitrogen and oxygen atoms in total. The zero-order valence-corrected chi connectivity index (χ0v) is 23.0. The van der Waals surface area contributed by atoms with Crippen LogP contribution in [0.3, 0.4) is 0 Å². The number of carbonyl (C=O) groups is 2. The number of amides is 1. The quantitative estimate of drug-likeness (QED) is 0.388. The first kappa shape index (κ1) is 27.6. The van der Waals surface area contributed by atoms with Gasteiger partial charge in [0.25, 0.3) is 5.91 Å². The van der Waals surface area contributed by atoms with Gasteiger partial charge in [-0.3, -0.25) is 4.79 Å². The first-order valence-corrected chi connectivity index (χ1v) is 14.0. The molecular formula is C31H40N2O6. The van der Waals surface area contributed by atoms with Gasteiger partial charge in [-0.15, -0.1) is 0 Å². The highest BCUT2D eigenvalue weighted by Gasteiger charge is 2.62. The minimum atomic E-state index is -1.51. The van der Waals surface area contributed by atoms with Crippen LogP contribution in [0.2, 0.25) is 0 Å². The molecule has 1 aromatic carbocycles. The second kappa shape index (κ2) is 10.2. The molecular weight excluding hydrogens is 496 g/mol. The maximum absolute atomic E-state index is 12.4. The van der Waals surface area contributed by atoms with Crippen LogP contribution in [0, 0.1) is 28.6 Å². The first-order valence-electron chi connectivity index (χ1n) is 14.0. The molecule has 4 N–H and O–H groups in total. The maximum atomic E-state index is 12.4. The Labute approximate surface area is 229 Å². The van der Waals surface area contributed by atoms with Crippen molar-refractivity contribution in [2.45, 2.75) is 77.0 Å². The smallest absolute Gasteiger partial charge is 0.329 e. The van der Waals surface area contributed by atoms with E-state index in [2.05, 4.69) is 36.5 Å². The molecule has 1 amide bonds. The van der Waals surface area contributed by atoms with Crippen molar-refractivity contribution >= 4 is 17.6 Å². The molecule has 0 unspecified atom stereocenters. The molecule has 3 saturated carbocycles. The summed E-state index contributed by atoms with van der Waals surface area (Å²) in [6.07, 6.45) is 11.0. The molecule has 0 bridgehead atoms. The lowest BCUT2D eigenvalue weighted by atomic mass is 9.47. The average molecular weight is 537 g/mol. The maximum Gasteiger partial charge on any atom is 0.329 e. The molecule has 5 rings (SSSR count). The number of fused-ring (bicyclic) bond motifs is 5. The van der Waals surface area contributed by atoms with Crippen LogP contribution in [0.5, 0.6) is 0 Å². The third kappa shape index (κ3) is 4.82. The predicted octanol–water partition coefficient (Wildman–Crippen LogP) is 4.15. The Balaban J connectivity index is 1.21. The summed E-state index contributed by atoms with van der Waals surface area (Å²) in [6.45, 7) is 6.18. The van der Waals surface area contributed by atoms with Gasteiger partial charge in [0.2, 0.25) is 0 Å². The van der Waals surface area contributed by atoms with E-state index < -0.39 is 36.2 Å². The molecule has 3 fully saturated rings. The van der Waals surface area contributed by atoms with Crippen LogP contribution in [0.15, 0.2) is 59.3 Å². The van der Waals surface area contributed by atoms with Gasteiger partial charge >= 0.3 is 5.97 Å². The van der Waals surface area contributed by atoms with Gasteiger partial charge in [-0.2, -0.15) is 0 Å². The van der Waals surface area contributed by atoms with Gasteiger partial charge in [-0.1, -0.05) is 61.0 Å². The summed E-state index contributed by atoms with van der Waals surface area (Å²) in [4.78, 5) is 29.4. The molecule has 0 aliphatic heterocycles. The van der Waals surface area contributed by atoms with Crippen molar-refractivity contribution in [2.75, 3.05) is 6.61 Å². The van der Waals surface area contributed by atoms with Gasteiger partial charge in [0.15, 0.2) is 12.6 Å². The van der Waals surface area contributed by atoms with E-state index in [1.54, 1.807) is 30.3 Å². The summed E-state index contributed by atoms with van der Waals surface area (Å²) in [5.74, 6) is -0.360. The first-order chi connectivity index (χ1) is 18.5. The number of carboxylic acid groups (broad SMARTS) is 1. The fraction of sp³-hybridized carbons (Fsp3) is 0.581. The van der Waals surface area contributed by atoms with Crippen molar-refractivity contribution in [3.8, 4) is 0 Å². The monoisotopic (exact) mass is 536 g/mol. The number of oxime groups is 1. The zero-order valence-electron chi connectivity index (χ0n) is 23.0. The number of nitrogens with one attached hydrogen (secondary N) is 1. The number of carbonyl (C=O) groups excluding carboxylic acids is 1. The van der Waals surface area contributed by atoms with Crippen molar-refractivity contribution in [3.63, 3.8) is 0 Å². The van der Waals surface area contributed by atoms with Crippen LogP contribution in [-0.2, 0) is 14.4 Å². The molecule has 0 saturated heterocycles. The van der Waals surface area contributed by atoms with Crippen LogP contribution in [-0.4, -0.2) is 51.2 Å². The number of nitrogens with zero attached hydrogens (tertiary/aromatic N) is 1. The summed E-state index contributed by atoms with van der Waals surface area (Å²) < 4.78 is 0. The Bertz CT molecular complexity index is 1210. The minimum absolute atomic E-state index is 0.0120. The minimum Gasteiger partial charge on any atom is -0.480 e. The summed E-state index contributed by atoms with van der Waals surface area (Å²) in [5.41, 5.74) is 1.68. The van der Waals surface area contributed by atoms with Gasteiger partial charge in [0, 0.05) is 5.41 Å². The largest absolute Gasteiger partial charge is 0.480 e. The lowest BCUT2D eigenvalue weighted by Gasteiger charge is -2.58. The van der Waals surface area contributed by atoms with Gasteiger partial charge in [-0.25, -0.2) is 4.79 Å². The number of benzene rings is 1. The molecule has 4 aliphatic carbocycles. The SMILES string of the molecule is C[C@]12C=CC(=NOCC(=O)N[C@H](C(=O)O)[C@H](O)c3ccccc3)C=C1CC[C@H]1[C@H]3CC[C@](C)(O)[C@@]3(C)CC[C@@H]12. The Hall–Kier alpha value is -2.97. The van der Waals surface area contributed by atoms with Crippen molar-refractivity contribution in [2.24, 2.45) is 33.7 Å². The van der Waals surface area contributed by atoms with Crippen molar-refractivity contribution in [3.05, 3.63) is 59.7 Å². The van der Waals surface area contributed by atoms with E-state index in [-0.39, 0.29) is 10.8 Å². The molecule has 1 aromatic rings. The van der Waals surface area contributed by atoms with Crippen molar-refractivity contribution in [1.29, 1.82) is 0 Å². The van der Waals surface area contributed by atoms with Gasteiger partial charge in [-0.05, 0) is 86.3 Å². The number of carboxylic acids is 1. The molecule has 39 heavy (non-hydrogen) atoms. The second-order valence-electron chi connectivity index (χ2n) is 12.5. The predicted molar refractivity (Wildman–Crippen MR) is 147 cm³/mol. The van der Waals surface area contributed by atoms with Crippen molar-refractivity contribution in [1.82, 2.24) is 5.32 Å². The molecule has 8 atom stereocenters. The van der Waals surface area contributed by atoms with E-state index in [0.29, 0.717) is 29.0 Å². The number of aliphatic carboxylic acids is 1. The number of rotatable bonds is 7. The number of hydrogen-bond acceptors (Lipinski definition) is 6. The van der Waals surface area contributed by atoms with E-state index in [1.807, 2.05) is 13.0 Å². The van der Waals surface area contributed by atoms with E-state index in [1.165, 1.54) is 5.57 Å². The van der Waals surface area contributed by atoms with Gasteiger partial charge in [0.1, 0.15) is 11.8 Å². The van der Waals surface area contributed by atoms with Gasteiger partial charge < -0.3 is 25.5 Å².